The topological polar surface area (TPSA) is 156 Å². The van der Waals surface area contributed by atoms with Crippen molar-refractivity contribution in [2.45, 2.75) is 58.3 Å². The van der Waals surface area contributed by atoms with Gasteiger partial charge in [-0.2, -0.15) is 0 Å². The monoisotopic (exact) mass is 451 g/mol. The molecule has 0 aromatic rings. The van der Waals surface area contributed by atoms with Gasteiger partial charge in [0.15, 0.2) is 24.5 Å². The molecule has 0 aromatic carbocycles. The molecule has 0 radical (unpaired) electrons. The third-order valence-corrected chi connectivity index (χ3v) is 3.81. The van der Waals surface area contributed by atoms with Crippen molar-refractivity contribution >= 4 is 41.3 Å². The minimum absolute atomic E-state index is 0.114. The first-order valence-electron chi connectivity index (χ1n) is 8.89. The van der Waals surface area contributed by atoms with Crippen LogP contribution in [0.2, 0.25) is 0 Å². The summed E-state index contributed by atoms with van der Waals surface area (Å²) in [5.41, 5.74) is 0. The van der Waals surface area contributed by atoms with E-state index in [0.717, 1.165) is 20.8 Å². The van der Waals surface area contributed by atoms with Crippen LogP contribution in [0, 0.1) is 0 Å². The third kappa shape index (κ3) is 8.47. The first kappa shape index (κ1) is 25.5. The van der Waals surface area contributed by atoms with E-state index in [4.69, 9.17) is 45.7 Å². The maximum Gasteiger partial charge on any atom is 0.303 e. The van der Waals surface area contributed by atoms with Crippen LogP contribution < -0.4 is 5.32 Å². The second-order valence-electron chi connectivity index (χ2n) is 6.12. The summed E-state index contributed by atoms with van der Waals surface area (Å²) in [6.07, 6.45) is -6.22. The summed E-state index contributed by atoms with van der Waals surface area (Å²) in [6.45, 7) is 3.74. The summed E-state index contributed by atoms with van der Waals surface area (Å²) in [5.74, 6) is -2.85. The van der Waals surface area contributed by atoms with Gasteiger partial charge in [-0.05, 0) is 12.2 Å². The summed E-state index contributed by atoms with van der Waals surface area (Å²) in [5, 5.41) is 11.3. The number of nitrogens with one attached hydrogen (secondary N) is 1. The van der Waals surface area contributed by atoms with Crippen LogP contribution in [0.1, 0.15) is 27.7 Å². The molecule has 1 fully saturated rings. The van der Waals surface area contributed by atoms with E-state index >= 15 is 0 Å². The zero-order chi connectivity index (χ0) is 22.8. The van der Waals surface area contributed by atoms with Gasteiger partial charge < -0.3 is 38.8 Å². The predicted octanol–water partition coefficient (Wildman–Crippen LogP) is -1.05. The fraction of sp³-hybridized carbons (Fsp3) is 0.706. The molecule has 1 aliphatic heterocycles. The molecular weight excluding hydrogens is 426 g/mol. The van der Waals surface area contributed by atoms with Gasteiger partial charge in [-0.3, -0.25) is 19.2 Å². The van der Waals surface area contributed by atoms with Gasteiger partial charge in [0.2, 0.25) is 0 Å². The summed E-state index contributed by atoms with van der Waals surface area (Å²) >= 11 is 4.99. The number of hydrogen-bond donors (Lipinski definition) is 2. The number of aliphatic hydroxyl groups is 1. The quantitative estimate of drug-likeness (QED) is 0.262. The lowest BCUT2D eigenvalue weighted by atomic mass is 9.97. The molecule has 0 spiro atoms. The SMILES string of the molecule is CC(=O)OC[C@H]1O[C@@H](NC(=S)OCCO)[C@H](OC(C)=O)[C@@H](OC(C)=O)[C@@H]1OC(C)=O. The van der Waals surface area contributed by atoms with Crippen molar-refractivity contribution in [2.75, 3.05) is 19.8 Å². The third-order valence-electron chi connectivity index (χ3n) is 3.58. The average molecular weight is 451 g/mol. The van der Waals surface area contributed by atoms with Crippen molar-refractivity contribution in [1.82, 2.24) is 5.32 Å². The maximum atomic E-state index is 11.7. The molecule has 0 bridgehead atoms. The van der Waals surface area contributed by atoms with Gasteiger partial charge in [-0.15, -0.1) is 0 Å². The van der Waals surface area contributed by atoms with E-state index < -0.39 is 54.5 Å². The Morgan fingerprint density at radius 2 is 1.40 bits per heavy atom. The molecule has 1 rings (SSSR count). The first-order valence-corrected chi connectivity index (χ1v) is 9.30. The lowest BCUT2D eigenvalue weighted by molar-refractivity contribution is -0.255. The van der Waals surface area contributed by atoms with Crippen LogP contribution in [0.25, 0.3) is 0 Å². The molecule has 1 heterocycles. The molecule has 0 unspecified atom stereocenters. The summed E-state index contributed by atoms with van der Waals surface area (Å²) in [6, 6.07) is 0. The van der Waals surface area contributed by atoms with E-state index in [1.807, 2.05) is 0 Å². The number of ether oxygens (including phenoxy) is 6. The lowest BCUT2D eigenvalue weighted by Crippen LogP contribution is -2.66. The molecule has 5 atom stereocenters. The molecule has 0 aromatic heterocycles. The van der Waals surface area contributed by atoms with E-state index in [1.54, 1.807) is 0 Å². The maximum absolute atomic E-state index is 11.7. The van der Waals surface area contributed by atoms with E-state index in [2.05, 4.69) is 5.32 Å². The van der Waals surface area contributed by atoms with E-state index in [1.165, 1.54) is 6.92 Å². The average Bonchev–Trinajstić information content (AvgIpc) is 2.62. The van der Waals surface area contributed by atoms with Gasteiger partial charge in [0.1, 0.15) is 19.3 Å². The van der Waals surface area contributed by atoms with Gasteiger partial charge in [0.25, 0.3) is 5.17 Å². The number of carbonyl (C=O) groups excluding carboxylic acids is 4. The number of carbonyl (C=O) groups is 4. The highest BCUT2D eigenvalue weighted by atomic mass is 32.1. The van der Waals surface area contributed by atoms with Crippen LogP contribution in [0.3, 0.4) is 0 Å². The minimum Gasteiger partial charge on any atom is -0.469 e. The highest BCUT2D eigenvalue weighted by Crippen LogP contribution is 2.28. The number of rotatable bonds is 8. The van der Waals surface area contributed by atoms with Crippen LogP contribution in [0.15, 0.2) is 0 Å². The van der Waals surface area contributed by atoms with E-state index in [9.17, 15) is 19.2 Å². The molecule has 13 heteroatoms. The van der Waals surface area contributed by atoms with Gasteiger partial charge in [0.05, 0.1) is 6.61 Å². The van der Waals surface area contributed by atoms with E-state index in [0.29, 0.717) is 0 Å². The largest absolute Gasteiger partial charge is 0.469 e. The Hall–Kier alpha value is -2.51. The molecule has 1 aliphatic rings. The second-order valence-corrected chi connectivity index (χ2v) is 6.49. The second kappa shape index (κ2) is 12.2. The fourth-order valence-electron chi connectivity index (χ4n) is 2.64. The highest BCUT2D eigenvalue weighted by molar-refractivity contribution is 7.80. The highest BCUT2D eigenvalue weighted by Gasteiger charge is 2.52. The molecule has 0 aliphatic carbocycles. The molecule has 0 amide bonds. The van der Waals surface area contributed by atoms with Crippen LogP contribution in [0.5, 0.6) is 0 Å². The Morgan fingerprint density at radius 1 is 0.867 bits per heavy atom. The molecule has 1 saturated heterocycles. The van der Waals surface area contributed by atoms with Crippen molar-refractivity contribution in [2.24, 2.45) is 0 Å². The number of thiocarbonyl (C=S) groups is 1. The molecular formula is C17H25NO11S. The van der Waals surface area contributed by atoms with E-state index in [-0.39, 0.29) is 25.0 Å². The lowest BCUT2D eigenvalue weighted by Gasteiger charge is -2.44. The molecule has 170 valence electrons. The van der Waals surface area contributed by atoms with Crippen molar-refractivity contribution < 1.29 is 52.7 Å². The van der Waals surface area contributed by atoms with Gasteiger partial charge in [-0.1, -0.05) is 0 Å². The Kier molecular flexibility index (Phi) is 10.4. The van der Waals surface area contributed by atoms with Crippen molar-refractivity contribution in [3.05, 3.63) is 0 Å². The van der Waals surface area contributed by atoms with Crippen molar-refractivity contribution in [3.8, 4) is 0 Å². The summed E-state index contributed by atoms with van der Waals surface area (Å²) < 4.78 is 31.5. The van der Waals surface area contributed by atoms with Crippen LogP contribution in [-0.4, -0.2) is 84.6 Å². The van der Waals surface area contributed by atoms with Crippen LogP contribution >= 0.6 is 12.2 Å². The van der Waals surface area contributed by atoms with Crippen LogP contribution in [-0.2, 0) is 47.6 Å². The first-order chi connectivity index (χ1) is 14.0. The Morgan fingerprint density at radius 3 is 1.90 bits per heavy atom. The Labute approximate surface area is 178 Å². The number of aliphatic hydroxyl groups excluding tert-OH is 1. The predicted molar refractivity (Wildman–Crippen MR) is 101 cm³/mol. The van der Waals surface area contributed by atoms with Crippen molar-refractivity contribution in [3.63, 3.8) is 0 Å². The van der Waals surface area contributed by atoms with Crippen LogP contribution in [0.4, 0.5) is 0 Å². The Bertz CT molecular complexity index is 656. The summed E-state index contributed by atoms with van der Waals surface area (Å²) in [7, 11) is 0. The fourth-order valence-corrected chi connectivity index (χ4v) is 2.84. The van der Waals surface area contributed by atoms with Gasteiger partial charge in [-0.25, -0.2) is 0 Å². The molecule has 30 heavy (non-hydrogen) atoms. The summed E-state index contributed by atoms with van der Waals surface area (Å²) in [4.78, 5) is 46.2. The number of esters is 4. The Balaban J connectivity index is 3.27. The molecule has 0 saturated carbocycles. The molecule has 2 N–H and O–H groups in total. The van der Waals surface area contributed by atoms with Gasteiger partial charge >= 0.3 is 23.9 Å². The standard InChI is InChI=1S/C17H25NO11S/c1-8(20)25-7-12-13(26-9(2)21)14(27-10(3)22)15(28-11(4)23)16(29-12)18-17(30)24-6-5-19/h12-16,19H,5-7H2,1-4H3,(H,18,30)/t12-,13-,14+,15-,16-/m1/s1. The van der Waals surface area contributed by atoms with Crippen molar-refractivity contribution in [1.29, 1.82) is 0 Å². The zero-order valence-corrected chi connectivity index (χ0v) is 17.8. The number of hydrogen-bond acceptors (Lipinski definition) is 12. The normalized spacial score (nSPS) is 25.4. The minimum atomic E-state index is -1.32. The molecule has 12 nitrogen and oxygen atoms in total. The van der Waals surface area contributed by atoms with Gasteiger partial charge in [0, 0.05) is 27.7 Å². The zero-order valence-electron chi connectivity index (χ0n) is 16.9. The smallest absolute Gasteiger partial charge is 0.303 e.